The molecule has 2 aliphatic heterocycles. The number of rotatable bonds is 11. The largest absolute Gasteiger partial charge is 0.497 e. The van der Waals surface area contributed by atoms with Gasteiger partial charge in [-0.15, -0.1) is 11.3 Å². The van der Waals surface area contributed by atoms with E-state index in [1.807, 2.05) is 0 Å². The number of aliphatic carboxylic acids is 2. The number of aromatic nitrogens is 1. The molecular weight excluding hydrogens is 671 g/mol. The molecule has 4 rings (SSSR count). The highest BCUT2D eigenvalue weighted by Crippen LogP contribution is 2.42. The van der Waals surface area contributed by atoms with E-state index in [-0.39, 0.29) is 31.4 Å². The van der Waals surface area contributed by atoms with Crippen LogP contribution >= 0.6 is 35.3 Å². The molecule has 1 saturated heterocycles. The van der Waals surface area contributed by atoms with E-state index in [0.717, 1.165) is 32.6 Å². The summed E-state index contributed by atoms with van der Waals surface area (Å²) in [5.41, 5.74) is 1.11. The Morgan fingerprint density at radius 1 is 1.11 bits per heavy atom. The minimum atomic E-state index is -4.18. The predicted octanol–water partition coefficient (Wildman–Crippen LogP) is 1.19. The summed E-state index contributed by atoms with van der Waals surface area (Å²) in [6.07, 6.45) is 3.32. The van der Waals surface area contributed by atoms with Gasteiger partial charge in [-0.2, -0.15) is 8.42 Å². The Morgan fingerprint density at radius 2 is 1.80 bits per heavy atom. The minimum Gasteiger partial charge on any atom is -0.497 e. The van der Waals surface area contributed by atoms with E-state index in [0.29, 0.717) is 34.2 Å². The fraction of sp³-hybridized carbons (Fsp3) is 0.296. The quantitative estimate of drug-likeness (QED) is 0.224. The average Bonchev–Trinajstić information content (AvgIpc) is 3.54. The molecule has 18 heteroatoms. The smallest absolute Gasteiger partial charge is 0.323 e. The molecule has 0 radical (unpaired) electrons. The van der Waals surface area contributed by atoms with Crippen LogP contribution in [0.25, 0.3) is 11.0 Å². The zero-order valence-corrected chi connectivity index (χ0v) is 27.3. The first-order valence-corrected chi connectivity index (χ1v) is 16.7. The number of benzene rings is 1. The van der Waals surface area contributed by atoms with Crippen molar-refractivity contribution >= 4 is 84.3 Å². The molecule has 0 spiro atoms. The number of fused-ring (bicyclic) bond motifs is 1. The Balaban J connectivity index is 1.78. The number of thioether (sulfide) groups is 1. The topological polar surface area (TPSA) is 193 Å². The summed E-state index contributed by atoms with van der Waals surface area (Å²) in [5.74, 6) is -2.38. The molecule has 1 aromatic heterocycles. The van der Waals surface area contributed by atoms with Crippen LogP contribution in [0.3, 0.4) is 0 Å². The summed E-state index contributed by atoms with van der Waals surface area (Å²) in [6, 6.07) is 5.14. The normalized spacial score (nSPS) is 18.0. The van der Waals surface area contributed by atoms with Gasteiger partial charge in [0.15, 0.2) is 5.75 Å². The summed E-state index contributed by atoms with van der Waals surface area (Å²) in [6.45, 7) is 2.22. The van der Waals surface area contributed by atoms with Gasteiger partial charge in [0, 0.05) is 18.2 Å². The van der Waals surface area contributed by atoms with Gasteiger partial charge in [-0.1, -0.05) is 30.1 Å². The van der Waals surface area contributed by atoms with Crippen molar-refractivity contribution in [2.45, 2.75) is 26.8 Å². The summed E-state index contributed by atoms with van der Waals surface area (Å²) in [5, 5.41) is 18.6. The molecule has 1 amide bonds. The van der Waals surface area contributed by atoms with Crippen molar-refractivity contribution in [3.8, 4) is 11.5 Å². The molecular formula is C27H27N3O11S4. The van der Waals surface area contributed by atoms with Gasteiger partial charge < -0.3 is 24.6 Å². The predicted molar refractivity (Wildman–Crippen MR) is 171 cm³/mol. The molecule has 14 nitrogen and oxygen atoms in total. The lowest BCUT2D eigenvalue weighted by Gasteiger charge is -2.19. The van der Waals surface area contributed by atoms with Gasteiger partial charge in [0.25, 0.3) is 21.6 Å². The van der Waals surface area contributed by atoms with Crippen LogP contribution in [0.5, 0.6) is 11.5 Å². The maximum atomic E-state index is 13.3. The number of allylic oxidation sites excluding steroid dienone is 3. The second-order valence-electron chi connectivity index (χ2n) is 9.79. The molecule has 3 heterocycles. The molecule has 0 saturated carbocycles. The molecule has 3 N–H and O–H groups in total. The number of ether oxygens (including phenoxy) is 2. The number of carbonyl (C=O) groups is 3. The Bertz CT molecular complexity index is 1960. The number of hydrogen-bond donors (Lipinski definition) is 3. The Kier molecular flexibility index (Phi) is 10.2. The number of carboxylic acids is 2. The standard InChI is InChI=1S/C27H27N3O11S4/c1-14(9-15(2)25-28(7-4-8-45(37,38)39)17-11-16(40-3)5-6-18(17)41-25)10-19-23(35)29(12-20(31)32)26(43-19)22-24(36)30(13-21(33)34)27(42)44-22/h5-6,9-11H,4,7-8,12-13H2,1-3H3,(H,31,32)(H,33,34)(H,37,38,39). The molecule has 1 fully saturated rings. The molecule has 240 valence electrons. The highest BCUT2D eigenvalue weighted by Gasteiger charge is 2.35. The van der Waals surface area contributed by atoms with E-state index < -0.39 is 52.4 Å². The minimum absolute atomic E-state index is 0.0275. The van der Waals surface area contributed by atoms with Crippen LogP contribution in [0.4, 0.5) is 5.69 Å². The van der Waals surface area contributed by atoms with Crippen molar-refractivity contribution in [3.63, 3.8) is 0 Å². The number of hydrogen-bond acceptors (Lipinski definition) is 12. The molecule has 0 unspecified atom stereocenters. The molecule has 0 aliphatic carbocycles. The van der Waals surface area contributed by atoms with E-state index in [4.69, 9.17) is 26.8 Å². The molecule has 1 aromatic carbocycles. The number of carboxylic acid groups (broad SMARTS) is 2. The van der Waals surface area contributed by atoms with Crippen LogP contribution in [-0.2, 0) is 31.0 Å². The Labute approximate surface area is 269 Å². The Morgan fingerprint density at radius 3 is 2.42 bits per heavy atom. The number of methoxy groups -OCH3 is 1. The number of anilines is 1. The van der Waals surface area contributed by atoms with Gasteiger partial charge in [0.05, 0.1) is 23.1 Å². The van der Waals surface area contributed by atoms with Crippen LogP contribution in [0.1, 0.15) is 20.3 Å². The van der Waals surface area contributed by atoms with Gasteiger partial charge in [-0.3, -0.25) is 33.2 Å². The summed E-state index contributed by atoms with van der Waals surface area (Å²) < 4.78 is 44.3. The van der Waals surface area contributed by atoms with Crippen LogP contribution in [0.15, 0.2) is 46.1 Å². The van der Waals surface area contributed by atoms with Gasteiger partial charge in [0.2, 0.25) is 5.88 Å². The van der Waals surface area contributed by atoms with E-state index >= 15 is 0 Å². The SMILES string of the molecule is COc1ccc2c(c1)N(CCCS(=O)(=O)O)C(=C(C)C=C(C)C=c1sc(=C3SC(=S)N(CC(=O)O)C3=O)n(CC(=O)O)c1=O)O2. The fourth-order valence-corrected chi connectivity index (χ4v) is 7.58. The lowest BCUT2D eigenvalue weighted by molar-refractivity contribution is -0.140. The van der Waals surface area contributed by atoms with Crippen LogP contribution in [0.2, 0.25) is 0 Å². The third kappa shape index (κ3) is 7.82. The van der Waals surface area contributed by atoms with E-state index in [2.05, 4.69) is 0 Å². The van der Waals surface area contributed by atoms with Crippen molar-refractivity contribution < 1.29 is 47.0 Å². The van der Waals surface area contributed by atoms with E-state index in [1.54, 1.807) is 43.0 Å². The third-order valence-electron chi connectivity index (χ3n) is 6.37. The second-order valence-corrected chi connectivity index (χ2v) is 14.0. The van der Waals surface area contributed by atoms with Crippen LogP contribution in [0, 0.1) is 0 Å². The van der Waals surface area contributed by atoms with Crippen molar-refractivity contribution in [2.24, 2.45) is 0 Å². The third-order valence-corrected chi connectivity index (χ3v) is 9.87. The van der Waals surface area contributed by atoms with Crippen LogP contribution < -0.4 is 29.1 Å². The highest BCUT2D eigenvalue weighted by molar-refractivity contribution is 8.30. The number of amides is 1. The zero-order valence-electron chi connectivity index (χ0n) is 24.0. The number of thiocarbonyl (C=S) groups is 1. The number of nitrogens with zero attached hydrogens (tertiary/aromatic N) is 3. The summed E-state index contributed by atoms with van der Waals surface area (Å²) >= 11 is 6.81. The molecule has 0 bridgehead atoms. The van der Waals surface area contributed by atoms with Gasteiger partial charge in [-0.25, -0.2) is 0 Å². The lowest BCUT2D eigenvalue weighted by Crippen LogP contribution is -2.36. The summed E-state index contributed by atoms with van der Waals surface area (Å²) in [7, 11) is -2.68. The highest BCUT2D eigenvalue weighted by atomic mass is 32.2. The first kappa shape index (κ1) is 33.9. The number of carbonyl (C=O) groups excluding carboxylic acids is 1. The van der Waals surface area contributed by atoms with Crippen molar-refractivity contribution in [3.05, 3.63) is 60.9 Å². The maximum absolute atomic E-state index is 13.3. The van der Waals surface area contributed by atoms with Crippen LogP contribution in [-0.4, -0.2) is 80.8 Å². The lowest BCUT2D eigenvalue weighted by atomic mass is 10.2. The van der Waals surface area contributed by atoms with Crippen molar-refractivity contribution in [1.29, 1.82) is 0 Å². The first-order chi connectivity index (χ1) is 21.1. The van der Waals surface area contributed by atoms with Gasteiger partial charge in [0.1, 0.15) is 32.7 Å². The van der Waals surface area contributed by atoms with Gasteiger partial charge in [-0.05, 0) is 44.1 Å². The van der Waals surface area contributed by atoms with E-state index in [9.17, 15) is 37.3 Å². The van der Waals surface area contributed by atoms with E-state index in [1.165, 1.54) is 13.2 Å². The summed E-state index contributed by atoms with van der Waals surface area (Å²) in [4.78, 5) is 51.7. The maximum Gasteiger partial charge on any atom is 0.323 e. The molecule has 2 aliphatic rings. The molecule has 45 heavy (non-hydrogen) atoms. The first-order valence-electron chi connectivity index (χ1n) is 13.0. The van der Waals surface area contributed by atoms with Crippen molar-refractivity contribution in [1.82, 2.24) is 9.47 Å². The molecule has 2 aromatic rings. The van der Waals surface area contributed by atoms with Crippen molar-refractivity contribution in [2.75, 3.05) is 30.9 Å². The molecule has 0 atom stereocenters. The van der Waals surface area contributed by atoms with Gasteiger partial charge >= 0.3 is 11.9 Å². The fourth-order valence-electron chi connectivity index (χ4n) is 4.53. The zero-order chi connectivity index (χ0) is 33.2. The second kappa shape index (κ2) is 13.6. The average molecular weight is 698 g/mol. The number of thiazole rings is 1. The monoisotopic (exact) mass is 697 g/mol. The Hall–Kier alpha value is -3.97.